The minimum atomic E-state index is -1.30. The van der Waals surface area contributed by atoms with Gasteiger partial charge in [0.1, 0.15) is 23.4 Å². The topological polar surface area (TPSA) is 207 Å². The highest BCUT2D eigenvalue weighted by Crippen LogP contribution is 2.27. The Morgan fingerprint density at radius 1 is 0.831 bits per heavy atom. The molecule has 5 amide bonds. The predicted octanol–water partition coefficient (Wildman–Crippen LogP) is 4.51. The molecule has 4 unspecified atom stereocenters. The van der Waals surface area contributed by atoms with Crippen LogP contribution in [-0.2, 0) is 44.7 Å². The van der Waals surface area contributed by atoms with E-state index in [1.807, 2.05) is 6.07 Å². The average Bonchev–Trinajstić information content (AvgIpc) is 3.21. The number of esters is 1. The monoisotopic (exact) mass is 819 g/mol. The fourth-order valence-electron chi connectivity index (χ4n) is 7.15. The van der Waals surface area contributed by atoms with E-state index in [0.717, 1.165) is 38.5 Å². The van der Waals surface area contributed by atoms with Crippen molar-refractivity contribution in [2.45, 2.75) is 135 Å². The molecular formula is C44H61N5O10. The van der Waals surface area contributed by atoms with Gasteiger partial charge in [0.2, 0.25) is 23.5 Å². The van der Waals surface area contributed by atoms with Gasteiger partial charge in [0.05, 0.1) is 25.8 Å². The summed E-state index contributed by atoms with van der Waals surface area (Å²) in [6.07, 6.45) is 7.22. The number of ether oxygens (including phenoxy) is 3. The van der Waals surface area contributed by atoms with Crippen molar-refractivity contribution < 1.29 is 47.8 Å². The Hall–Kier alpha value is -5.47. The number of carbonyl (C=O) groups is 7. The van der Waals surface area contributed by atoms with Crippen LogP contribution >= 0.6 is 0 Å². The van der Waals surface area contributed by atoms with Crippen LogP contribution in [-0.4, -0.2) is 85.0 Å². The number of ketones is 1. The number of amides is 5. The molecule has 0 aromatic heterocycles. The van der Waals surface area contributed by atoms with E-state index in [1.54, 1.807) is 76.2 Å². The maximum absolute atomic E-state index is 14.1. The Kier molecular flexibility index (Phi) is 18.2. The Labute approximate surface area is 346 Å². The van der Waals surface area contributed by atoms with Gasteiger partial charge in [0.15, 0.2) is 6.04 Å². The number of fused-ring (bicyclic) bond motifs is 2. The quantitative estimate of drug-likeness (QED) is 0.150. The smallest absolute Gasteiger partial charge is 0.407 e. The number of rotatable bonds is 12. The molecule has 1 saturated carbocycles. The molecule has 1 aliphatic heterocycles. The largest absolute Gasteiger partial charge is 0.494 e. The summed E-state index contributed by atoms with van der Waals surface area (Å²) in [4.78, 5) is 94.0. The van der Waals surface area contributed by atoms with Crippen LogP contribution < -0.4 is 31.3 Å². The standard InChI is InChI=1S/C44H61N5O10/c1-5-17-33(38(51)41(54)45-28-35(50)48-37(31-21-12-9-13-22-31)42(55)59-44(2,3)4)46-39(52)34-27-29-18-16-23-32(26-29)57-24-14-6-7-15-25-58-43(56)49-36(40(53)47-34)30-19-10-8-11-20-30/h9,12-13,16,18,21-23,26,30,33-34,36-37H,5-8,10-11,14-15,17,19-20,24-25,27-28H2,1-4H3,(H,45,54)(H,46,52)(H,47,53)(H,48,50)(H,49,56). The van der Waals surface area contributed by atoms with Crippen molar-refractivity contribution in [2.24, 2.45) is 5.92 Å². The Morgan fingerprint density at radius 3 is 2.19 bits per heavy atom. The third kappa shape index (κ3) is 15.7. The van der Waals surface area contributed by atoms with Gasteiger partial charge >= 0.3 is 12.1 Å². The lowest BCUT2D eigenvalue weighted by Gasteiger charge is -2.31. The second-order valence-electron chi connectivity index (χ2n) is 16.2. The van der Waals surface area contributed by atoms with Crippen molar-refractivity contribution >= 4 is 41.5 Å². The number of Topliss-reactive ketones (excluding diaryl/α,β-unsaturated/α-hetero) is 1. The van der Waals surface area contributed by atoms with E-state index >= 15 is 0 Å². The van der Waals surface area contributed by atoms with Crippen molar-refractivity contribution in [1.82, 2.24) is 26.6 Å². The predicted molar refractivity (Wildman–Crippen MR) is 219 cm³/mol. The summed E-state index contributed by atoms with van der Waals surface area (Å²) in [7, 11) is 0. The van der Waals surface area contributed by atoms with Gasteiger partial charge in [-0.15, -0.1) is 0 Å². The molecule has 4 atom stereocenters. The zero-order valence-corrected chi connectivity index (χ0v) is 34.8. The van der Waals surface area contributed by atoms with Crippen molar-refractivity contribution in [1.29, 1.82) is 0 Å². The molecule has 0 spiro atoms. The van der Waals surface area contributed by atoms with Crippen molar-refractivity contribution in [3.63, 3.8) is 0 Å². The Morgan fingerprint density at radius 2 is 1.51 bits per heavy atom. The number of hydrogen-bond acceptors (Lipinski definition) is 10. The molecule has 15 nitrogen and oxygen atoms in total. The summed E-state index contributed by atoms with van der Waals surface area (Å²) < 4.78 is 16.9. The molecule has 2 aromatic rings. The molecule has 59 heavy (non-hydrogen) atoms. The third-order valence-corrected chi connectivity index (χ3v) is 10.1. The van der Waals surface area contributed by atoms with Crippen LogP contribution in [0.15, 0.2) is 54.6 Å². The fraction of sp³-hybridized carbons (Fsp3) is 0.568. The number of alkyl carbamates (subject to hydrolysis) is 1. The second kappa shape index (κ2) is 23.2. The summed E-state index contributed by atoms with van der Waals surface area (Å²) in [5.41, 5.74) is 0.305. The highest BCUT2D eigenvalue weighted by atomic mass is 16.6. The first-order valence-electron chi connectivity index (χ1n) is 20.9. The Balaban J connectivity index is 1.50. The van der Waals surface area contributed by atoms with Crippen molar-refractivity contribution in [3.05, 3.63) is 65.7 Å². The number of nitrogens with one attached hydrogen (secondary N) is 5. The number of hydrogen-bond donors (Lipinski definition) is 5. The fourth-order valence-corrected chi connectivity index (χ4v) is 7.15. The van der Waals surface area contributed by atoms with E-state index in [0.29, 0.717) is 49.2 Å². The molecule has 15 heteroatoms. The molecule has 1 heterocycles. The van der Waals surface area contributed by atoms with E-state index in [9.17, 15) is 33.6 Å². The van der Waals surface area contributed by atoms with Crippen LogP contribution in [0, 0.1) is 5.92 Å². The SMILES string of the molecule is CCCC(NC(=O)C1Cc2cccc(c2)OCCCCCCOC(=O)NC(C2CCCCC2)C(=O)N1)C(=O)C(=O)NCC(=O)NC(C(=O)OC(C)(C)C)c1ccccc1. The first-order valence-corrected chi connectivity index (χ1v) is 20.9. The van der Waals surface area contributed by atoms with E-state index in [4.69, 9.17) is 14.2 Å². The maximum atomic E-state index is 14.1. The van der Waals surface area contributed by atoms with Gasteiger partial charge < -0.3 is 40.8 Å². The summed E-state index contributed by atoms with van der Waals surface area (Å²) in [6, 6.07) is 11.0. The second-order valence-corrected chi connectivity index (χ2v) is 16.2. The van der Waals surface area contributed by atoms with Gasteiger partial charge in [-0.1, -0.05) is 75.1 Å². The molecule has 2 aromatic carbocycles. The Bertz CT molecular complexity index is 1740. The van der Waals surface area contributed by atoms with Gasteiger partial charge in [0.25, 0.3) is 5.91 Å². The lowest BCUT2D eigenvalue weighted by molar-refractivity contribution is -0.158. The van der Waals surface area contributed by atoms with E-state index < -0.39 is 77.8 Å². The van der Waals surface area contributed by atoms with Gasteiger partial charge in [-0.05, 0) is 94.9 Å². The first-order chi connectivity index (χ1) is 28.2. The lowest BCUT2D eigenvalue weighted by atomic mass is 9.83. The van der Waals surface area contributed by atoms with E-state index in [1.165, 1.54) is 0 Å². The van der Waals surface area contributed by atoms with Crippen molar-refractivity contribution in [2.75, 3.05) is 19.8 Å². The highest BCUT2D eigenvalue weighted by Gasteiger charge is 2.36. The van der Waals surface area contributed by atoms with Crippen molar-refractivity contribution in [3.8, 4) is 5.75 Å². The number of benzene rings is 2. The summed E-state index contributed by atoms with van der Waals surface area (Å²) >= 11 is 0. The van der Waals surface area contributed by atoms with E-state index in [-0.39, 0.29) is 25.4 Å². The third-order valence-electron chi connectivity index (χ3n) is 10.1. The zero-order valence-electron chi connectivity index (χ0n) is 34.8. The first kappa shape index (κ1) is 46.2. The van der Waals surface area contributed by atoms with Crippen LogP contribution in [0.1, 0.15) is 115 Å². The molecule has 5 N–H and O–H groups in total. The maximum Gasteiger partial charge on any atom is 0.407 e. The molecule has 4 rings (SSSR count). The number of carbonyl (C=O) groups excluding carboxylic acids is 7. The van der Waals surface area contributed by atoms with Crippen LogP contribution in [0.25, 0.3) is 0 Å². The molecule has 322 valence electrons. The minimum absolute atomic E-state index is 0.0102. The average molecular weight is 820 g/mol. The molecule has 0 radical (unpaired) electrons. The summed E-state index contributed by atoms with van der Waals surface area (Å²) in [6.45, 7) is 6.90. The summed E-state index contributed by atoms with van der Waals surface area (Å²) in [5.74, 6) is -4.42. The van der Waals surface area contributed by atoms with Crippen LogP contribution in [0.2, 0.25) is 0 Å². The van der Waals surface area contributed by atoms with E-state index in [2.05, 4.69) is 26.6 Å². The lowest BCUT2D eigenvalue weighted by Crippen LogP contribution is -2.59. The zero-order chi connectivity index (χ0) is 42.8. The van der Waals surface area contributed by atoms with Crippen LogP contribution in [0.4, 0.5) is 4.79 Å². The molecule has 0 saturated heterocycles. The molecule has 1 aliphatic carbocycles. The molecule has 2 bridgehead atoms. The van der Waals surface area contributed by atoms with Gasteiger partial charge in [0, 0.05) is 6.42 Å². The van der Waals surface area contributed by atoms with Gasteiger partial charge in [-0.25, -0.2) is 9.59 Å². The highest BCUT2D eigenvalue weighted by molar-refractivity contribution is 6.38. The minimum Gasteiger partial charge on any atom is -0.494 e. The molecular weight excluding hydrogens is 759 g/mol. The van der Waals surface area contributed by atoms with Crippen LogP contribution in [0.5, 0.6) is 5.75 Å². The normalized spacial score (nSPS) is 19.7. The molecule has 2 aliphatic rings. The summed E-state index contributed by atoms with van der Waals surface area (Å²) in [5, 5.41) is 13.2. The van der Waals surface area contributed by atoms with Gasteiger partial charge in [-0.3, -0.25) is 24.0 Å². The van der Waals surface area contributed by atoms with Crippen LogP contribution in [0.3, 0.4) is 0 Å². The number of cyclic esters (lactones) is 1. The molecule has 1 fully saturated rings. The van der Waals surface area contributed by atoms with Gasteiger partial charge in [-0.2, -0.15) is 0 Å².